The van der Waals surface area contributed by atoms with E-state index in [1.807, 2.05) is 18.2 Å². The average Bonchev–Trinajstić information content (AvgIpc) is 3.39. The van der Waals surface area contributed by atoms with Crippen LogP contribution < -0.4 is 14.8 Å². The molecule has 10 nitrogen and oxygen atoms in total. The van der Waals surface area contributed by atoms with Crippen LogP contribution in [0, 0.1) is 0 Å². The van der Waals surface area contributed by atoms with Gasteiger partial charge in [0.15, 0.2) is 11.5 Å². The predicted molar refractivity (Wildman–Crippen MR) is 121 cm³/mol. The lowest BCUT2D eigenvalue weighted by molar-refractivity contribution is 0.102. The van der Waals surface area contributed by atoms with Gasteiger partial charge in [-0.05, 0) is 42.3 Å². The Kier molecular flexibility index (Phi) is 6.53. The highest BCUT2D eigenvalue weighted by molar-refractivity contribution is 6.04. The number of hydrogen-bond donors (Lipinski definition) is 2. The second-order valence-electron chi connectivity index (χ2n) is 7.16. The van der Waals surface area contributed by atoms with E-state index in [1.165, 1.54) is 17.5 Å². The summed E-state index contributed by atoms with van der Waals surface area (Å²) in [6, 6.07) is 12.8. The molecule has 170 valence electrons. The van der Waals surface area contributed by atoms with Gasteiger partial charge in [-0.15, -0.1) is 0 Å². The van der Waals surface area contributed by atoms with Gasteiger partial charge in [-0.1, -0.05) is 12.1 Å². The lowest BCUT2D eigenvalue weighted by atomic mass is 10.1. The molecule has 0 saturated carbocycles. The summed E-state index contributed by atoms with van der Waals surface area (Å²) in [6.07, 6.45) is 2.97. The van der Waals surface area contributed by atoms with Crippen LogP contribution >= 0.6 is 0 Å². The molecule has 1 aromatic heterocycles. The van der Waals surface area contributed by atoms with Crippen molar-refractivity contribution in [1.82, 2.24) is 15.0 Å². The lowest BCUT2D eigenvalue weighted by Gasteiger charge is -2.24. The number of cyclic esters (lactones) is 1. The van der Waals surface area contributed by atoms with Crippen LogP contribution in [0.2, 0.25) is 0 Å². The minimum Gasteiger partial charge on any atom is -0.493 e. The lowest BCUT2D eigenvalue weighted by Crippen LogP contribution is -2.36. The van der Waals surface area contributed by atoms with Gasteiger partial charge in [0.25, 0.3) is 5.91 Å². The van der Waals surface area contributed by atoms with E-state index in [4.69, 9.17) is 14.2 Å². The first-order chi connectivity index (χ1) is 16.1. The number of methoxy groups -OCH3 is 2. The largest absolute Gasteiger partial charge is 0.493 e. The molecule has 3 aromatic rings. The minimum absolute atomic E-state index is 0.0789. The number of nitrogens with zero attached hydrogens (tertiary/aromatic N) is 3. The summed E-state index contributed by atoms with van der Waals surface area (Å²) >= 11 is 0. The monoisotopic (exact) mass is 449 g/mol. The van der Waals surface area contributed by atoms with Crippen LogP contribution in [0.4, 0.5) is 10.5 Å². The van der Waals surface area contributed by atoms with Crippen molar-refractivity contribution in [3.8, 4) is 11.5 Å². The maximum atomic E-state index is 12.2. The molecule has 33 heavy (non-hydrogen) atoms. The van der Waals surface area contributed by atoms with E-state index in [0.29, 0.717) is 41.6 Å². The second kappa shape index (κ2) is 9.86. The van der Waals surface area contributed by atoms with E-state index in [-0.39, 0.29) is 12.5 Å². The molecule has 0 aliphatic carbocycles. The molecule has 0 saturated heterocycles. The molecule has 2 N–H and O–H groups in total. The van der Waals surface area contributed by atoms with Gasteiger partial charge in [-0.3, -0.25) is 4.79 Å². The molecular weight excluding hydrogens is 426 g/mol. The average molecular weight is 449 g/mol. The number of carbonyl (C=O) groups is 2. The standard InChI is InChI=1S/C23H23N5O5/c1-31-20-8-5-16(11-21(20)32-2)19-13-33-23(30)28(27-19)10-9-15-3-6-17(7-4-15)26-22(29)18-12-24-14-25-18/h3-8,11-12,14H,9-10,13H2,1-2H3,(H,24,25)(H,26,29). The van der Waals surface area contributed by atoms with Crippen molar-refractivity contribution in [2.24, 2.45) is 5.10 Å². The fourth-order valence-electron chi connectivity index (χ4n) is 3.29. The van der Waals surface area contributed by atoms with Gasteiger partial charge in [0.2, 0.25) is 0 Å². The summed E-state index contributed by atoms with van der Waals surface area (Å²) < 4.78 is 15.9. The van der Waals surface area contributed by atoms with Crippen molar-refractivity contribution < 1.29 is 23.8 Å². The Labute approximate surface area is 190 Å². The molecule has 4 rings (SSSR count). The van der Waals surface area contributed by atoms with Gasteiger partial charge < -0.3 is 24.5 Å². The molecule has 0 atom stereocenters. The number of amides is 2. The zero-order valence-corrected chi connectivity index (χ0v) is 18.2. The molecular formula is C23H23N5O5. The van der Waals surface area contributed by atoms with Crippen LogP contribution in [0.1, 0.15) is 21.6 Å². The highest BCUT2D eigenvalue weighted by Gasteiger charge is 2.23. The SMILES string of the molecule is COc1ccc(C2=NN(CCc3ccc(NC(=O)c4cnc[nH]4)cc3)C(=O)OC2)cc1OC. The van der Waals surface area contributed by atoms with E-state index in [2.05, 4.69) is 20.4 Å². The molecule has 0 bridgehead atoms. The number of benzene rings is 2. The Balaban J connectivity index is 1.40. The van der Waals surface area contributed by atoms with Gasteiger partial charge >= 0.3 is 6.09 Å². The summed E-state index contributed by atoms with van der Waals surface area (Å²) in [5.74, 6) is 0.907. The van der Waals surface area contributed by atoms with Crippen LogP contribution in [0.25, 0.3) is 0 Å². The molecule has 2 amide bonds. The van der Waals surface area contributed by atoms with Crippen molar-refractivity contribution in [2.45, 2.75) is 6.42 Å². The topological polar surface area (TPSA) is 118 Å². The Morgan fingerprint density at radius 3 is 2.64 bits per heavy atom. The number of ether oxygens (including phenoxy) is 3. The Morgan fingerprint density at radius 2 is 1.94 bits per heavy atom. The van der Waals surface area contributed by atoms with Gasteiger partial charge in [0, 0.05) is 11.3 Å². The number of aromatic nitrogens is 2. The zero-order chi connectivity index (χ0) is 23.2. The van der Waals surface area contributed by atoms with Crippen LogP contribution in [-0.4, -0.2) is 60.1 Å². The van der Waals surface area contributed by atoms with E-state index in [9.17, 15) is 9.59 Å². The molecule has 2 heterocycles. The summed E-state index contributed by atoms with van der Waals surface area (Å²) in [5, 5.41) is 8.58. The minimum atomic E-state index is -0.498. The Bertz CT molecular complexity index is 1160. The second-order valence-corrected chi connectivity index (χ2v) is 7.16. The summed E-state index contributed by atoms with van der Waals surface area (Å²) in [7, 11) is 3.13. The third kappa shape index (κ3) is 5.12. The maximum absolute atomic E-state index is 12.2. The van der Waals surface area contributed by atoms with Crippen LogP contribution in [-0.2, 0) is 11.2 Å². The Hall–Kier alpha value is -4.34. The van der Waals surface area contributed by atoms with E-state index in [0.717, 1.165) is 11.1 Å². The highest BCUT2D eigenvalue weighted by Crippen LogP contribution is 2.28. The summed E-state index contributed by atoms with van der Waals surface area (Å²) in [5.41, 5.74) is 3.42. The molecule has 1 aliphatic heterocycles. The van der Waals surface area contributed by atoms with Crippen molar-refractivity contribution in [3.63, 3.8) is 0 Å². The van der Waals surface area contributed by atoms with Crippen LogP contribution in [0.5, 0.6) is 11.5 Å². The molecule has 0 fully saturated rings. The maximum Gasteiger partial charge on any atom is 0.430 e. The number of H-pyrrole nitrogens is 1. The van der Waals surface area contributed by atoms with E-state index >= 15 is 0 Å². The molecule has 0 unspecified atom stereocenters. The molecule has 2 aromatic carbocycles. The molecule has 10 heteroatoms. The number of hydrazone groups is 1. The van der Waals surface area contributed by atoms with Crippen LogP contribution in [0.3, 0.4) is 0 Å². The first-order valence-corrected chi connectivity index (χ1v) is 10.2. The predicted octanol–water partition coefficient (Wildman–Crippen LogP) is 3.08. The van der Waals surface area contributed by atoms with Crippen molar-refractivity contribution >= 4 is 23.4 Å². The molecule has 1 aliphatic rings. The third-order valence-corrected chi connectivity index (χ3v) is 5.07. The van der Waals surface area contributed by atoms with Crippen molar-refractivity contribution in [3.05, 3.63) is 71.8 Å². The van der Waals surface area contributed by atoms with Gasteiger partial charge in [-0.25, -0.2) is 9.78 Å². The Morgan fingerprint density at radius 1 is 1.15 bits per heavy atom. The third-order valence-electron chi connectivity index (χ3n) is 5.07. The molecule has 0 radical (unpaired) electrons. The zero-order valence-electron chi connectivity index (χ0n) is 18.2. The number of imidazole rings is 1. The number of hydrogen-bond acceptors (Lipinski definition) is 7. The van der Waals surface area contributed by atoms with E-state index in [1.54, 1.807) is 38.5 Å². The number of rotatable bonds is 8. The van der Waals surface area contributed by atoms with Crippen molar-refractivity contribution in [1.29, 1.82) is 0 Å². The number of nitrogens with one attached hydrogen (secondary N) is 2. The van der Waals surface area contributed by atoms with Gasteiger partial charge in [-0.2, -0.15) is 10.1 Å². The number of aromatic amines is 1. The summed E-state index contributed by atoms with van der Waals surface area (Å²) in [6.45, 7) is 0.422. The summed E-state index contributed by atoms with van der Waals surface area (Å²) in [4.78, 5) is 30.9. The number of anilines is 1. The first-order valence-electron chi connectivity index (χ1n) is 10.2. The van der Waals surface area contributed by atoms with Crippen LogP contribution in [0.15, 0.2) is 60.1 Å². The molecule has 0 spiro atoms. The van der Waals surface area contributed by atoms with E-state index < -0.39 is 6.09 Å². The fraction of sp³-hybridized carbons (Fsp3) is 0.217. The first kappa shape index (κ1) is 21.9. The normalized spacial score (nSPS) is 13.2. The quantitative estimate of drug-likeness (QED) is 0.546. The van der Waals surface area contributed by atoms with Gasteiger partial charge in [0.1, 0.15) is 18.0 Å². The number of carbonyl (C=O) groups excluding carboxylic acids is 2. The smallest absolute Gasteiger partial charge is 0.430 e. The van der Waals surface area contributed by atoms with Gasteiger partial charge in [0.05, 0.1) is 33.3 Å². The van der Waals surface area contributed by atoms with Crippen molar-refractivity contribution in [2.75, 3.05) is 32.7 Å². The fourth-order valence-corrected chi connectivity index (χ4v) is 3.29. The highest BCUT2D eigenvalue weighted by atomic mass is 16.6.